The Morgan fingerprint density at radius 1 is 0.971 bits per heavy atom. The van der Waals surface area contributed by atoms with Gasteiger partial charge in [-0.05, 0) is 48.2 Å². The number of likely N-dealkylation sites (tertiary alicyclic amines) is 1. The molecule has 8 heteroatoms. The van der Waals surface area contributed by atoms with Crippen LogP contribution in [0.25, 0.3) is 0 Å². The van der Waals surface area contributed by atoms with Gasteiger partial charge in [-0.3, -0.25) is 14.5 Å². The number of carbonyl (C=O) groups excluding carboxylic acids is 2. The minimum atomic E-state index is -0.281. The van der Waals surface area contributed by atoms with Crippen LogP contribution in [0.3, 0.4) is 0 Å². The molecule has 0 aliphatic carbocycles. The summed E-state index contributed by atoms with van der Waals surface area (Å²) in [5.41, 5.74) is 2.12. The maximum atomic E-state index is 13.2. The summed E-state index contributed by atoms with van der Waals surface area (Å²) >= 11 is 0. The van der Waals surface area contributed by atoms with Gasteiger partial charge in [-0.15, -0.1) is 0 Å². The van der Waals surface area contributed by atoms with E-state index in [0.717, 1.165) is 37.2 Å². The van der Waals surface area contributed by atoms with E-state index in [4.69, 9.17) is 9.47 Å². The molecule has 0 N–H and O–H groups in total. The van der Waals surface area contributed by atoms with Gasteiger partial charge < -0.3 is 19.3 Å². The van der Waals surface area contributed by atoms with Crippen LogP contribution < -0.4 is 9.47 Å². The molecular formula is C27H34FN3O4. The lowest BCUT2D eigenvalue weighted by molar-refractivity contribution is -0.135. The van der Waals surface area contributed by atoms with Crippen molar-refractivity contribution in [1.82, 2.24) is 14.7 Å². The number of amides is 2. The summed E-state index contributed by atoms with van der Waals surface area (Å²) in [7, 11) is 3.21. The highest BCUT2D eigenvalue weighted by atomic mass is 19.1. The van der Waals surface area contributed by atoms with Crippen molar-refractivity contribution in [3.05, 3.63) is 59.4 Å². The van der Waals surface area contributed by atoms with E-state index in [0.29, 0.717) is 44.1 Å². The second-order valence-electron chi connectivity index (χ2n) is 9.26. The Hall–Kier alpha value is -3.13. The summed E-state index contributed by atoms with van der Waals surface area (Å²) in [6, 6.07) is 12.4. The Labute approximate surface area is 206 Å². The van der Waals surface area contributed by atoms with Gasteiger partial charge in [0.15, 0.2) is 11.5 Å². The lowest BCUT2D eigenvalue weighted by atomic mass is 10.1. The van der Waals surface area contributed by atoms with Gasteiger partial charge in [0.2, 0.25) is 11.8 Å². The molecule has 0 radical (unpaired) electrons. The molecule has 0 aromatic heterocycles. The zero-order valence-electron chi connectivity index (χ0n) is 20.5. The lowest BCUT2D eigenvalue weighted by Crippen LogP contribution is -2.40. The Morgan fingerprint density at radius 2 is 1.71 bits per heavy atom. The predicted molar refractivity (Wildman–Crippen MR) is 131 cm³/mol. The van der Waals surface area contributed by atoms with Gasteiger partial charge in [-0.25, -0.2) is 4.39 Å². The number of nitrogens with zero attached hydrogens (tertiary/aromatic N) is 3. The first kappa shape index (κ1) is 25.0. The molecule has 35 heavy (non-hydrogen) atoms. The summed E-state index contributed by atoms with van der Waals surface area (Å²) in [4.78, 5) is 31.9. The molecule has 2 amide bonds. The normalized spacial score (nSPS) is 19.1. The van der Waals surface area contributed by atoms with Crippen LogP contribution in [0.5, 0.6) is 11.5 Å². The molecule has 2 aliphatic heterocycles. The van der Waals surface area contributed by atoms with Gasteiger partial charge in [-0.2, -0.15) is 0 Å². The van der Waals surface area contributed by atoms with E-state index in [2.05, 4.69) is 4.90 Å². The Morgan fingerprint density at radius 3 is 2.46 bits per heavy atom. The maximum Gasteiger partial charge on any atom is 0.228 e. The van der Waals surface area contributed by atoms with Crippen LogP contribution in [0, 0.1) is 11.7 Å². The number of ether oxygens (including phenoxy) is 2. The Kier molecular flexibility index (Phi) is 8.23. The topological polar surface area (TPSA) is 62.3 Å². The van der Waals surface area contributed by atoms with Gasteiger partial charge >= 0.3 is 0 Å². The highest BCUT2D eigenvalue weighted by Gasteiger charge is 2.36. The fourth-order valence-corrected chi connectivity index (χ4v) is 4.91. The first-order valence-corrected chi connectivity index (χ1v) is 12.2. The molecule has 2 fully saturated rings. The highest BCUT2D eigenvalue weighted by molar-refractivity contribution is 5.89. The monoisotopic (exact) mass is 483 g/mol. The van der Waals surface area contributed by atoms with Crippen LogP contribution in [0.1, 0.15) is 24.0 Å². The van der Waals surface area contributed by atoms with Crippen molar-refractivity contribution in [3.8, 4) is 11.5 Å². The molecule has 0 saturated carbocycles. The fourth-order valence-electron chi connectivity index (χ4n) is 4.91. The molecule has 2 heterocycles. The van der Waals surface area contributed by atoms with Crippen LogP contribution in [0.2, 0.25) is 0 Å². The Balaban J connectivity index is 1.27. The second-order valence-corrected chi connectivity index (χ2v) is 9.26. The third-order valence-corrected chi connectivity index (χ3v) is 6.90. The van der Waals surface area contributed by atoms with Crippen LogP contribution in [0.15, 0.2) is 42.5 Å². The van der Waals surface area contributed by atoms with E-state index < -0.39 is 0 Å². The number of halogens is 1. The van der Waals surface area contributed by atoms with Crippen molar-refractivity contribution in [3.63, 3.8) is 0 Å². The molecule has 0 bridgehead atoms. The van der Waals surface area contributed by atoms with E-state index >= 15 is 0 Å². The Bertz CT molecular complexity index is 1030. The molecule has 2 aliphatic rings. The number of carbonyl (C=O) groups is 2. The zero-order chi connectivity index (χ0) is 24.8. The SMILES string of the molecule is COc1ccc(CCN2CC(C(=O)N3CCCN(Cc4ccc(F)cc4)CC3)CC2=O)cc1OC. The van der Waals surface area contributed by atoms with Crippen molar-refractivity contribution in [2.75, 3.05) is 53.5 Å². The van der Waals surface area contributed by atoms with E-state index in [1.165, 1.54) is 12.1 Å². The van der Waals surface area contributed by atoms with Gasteiger partial charge in [0.1, 0.15) is 5.82 Å². The number of hydrogen-bond acceptors (Lipinski definition) is 5. The quantitative estimate of drug-likeness (QED) is 0.578. The van der Waals surface area contributed by atoms with E-state index in [1.807, 2.05) is 35.2 Å². The molecule has 2 aromatic rings. The molecular weight excluding hydrogens is 449 g/mol. The summed E-state index contributed by atoms with van der Waals surface area (Å²) in [6.45, 7) is 4.80. The largest absolute Gasteiger partial charge is 0.493 e. The van der Waals surface area contributed by atoms with E-state index in [-0.39, 0.29) is 30.0 Å². The highest BCUT2D eigenvalue weighted by Crippen LogP contribution is 2.28. The van der Waals surface area contributed by atoms with Crippen LogP contribution in [0.4, 0.5) is 4.39 Å². The number of methoxy groups -OCH3 is 2. The average Bonchev–Trinajstić information content (AvgIpc) is 3.09. The smallest absolute Gasteiger partial charge is 0.228 e. The van der Waals surface area contributed by atoms with Gasteiger partial charge in [0.05, 0.1) is 20.1 Å². The molecule has 1 atom stereocenters. The summed E-state index contributed by atoms with van der Waals surface area (Å²) in [6.07, 6.45) is 1.85. The molecule has 0 spiro atoms. The zero-order valence-corrected chi connectivity index (χ0v) is 20.5. The fraction of sp³-hybridized carbons (Fsp3) is 0.481. The molecule has 188 valence electrons. The molecule has 1 unspecified atom stereocenters. The standard InChI is InChI=1S/C27H34FN3O4/c1-34-24-9-6-20(16-25(24)35-2)10-13-31-19-22(17-26(31)32)27(33)30-12-3-11-29(14-15-30)18-21-4-7-23(28)8-5-21/h4-9,16,22H,3,10-15,17-19H2,1-2H3. The van der Waals surface area contributed by atoms with Gasteiger partial charge in [0, 0.05) is 52.2 Å². The third-order valence-electron chi connectivity index (χ3n) is 6.90. The minimum Gasteiger partial charge on any atom is -0.493 e. The lowest BCUT2D eigenvalue weighted by Gasteiger charge is -2.24. The van der Waals surface area contributed by atoms with Crippen LogP contribution in [-0.2, 0) is 22.6 Å². The van der Waals surface area contributed by atoms with Crippen molar-refractivity contribution < 1.29 is 23.5 Å². The van der Waals surface area contributed by atoms with Crippen molar-refractivity contribution in [1.29, 1.82) is 0 Å². The molecule has 7 nitrogen and oxygen atoms in total. The van der Waals surface area contributed by atoms with Crippen molar-refractivity contribution in [2.45, 2.75) is 25.8 Å². The van der Waals surface area contributed by atoms with Gasteiger partial charge in [-0.1, -0.05) is 18.2 Å². The van der Waals surface area contributed by atoms with Gasteiger partial charge in [0.25, 0.3) is 0 Å². The molecule has 2 saturated heterocycles. The van der Waals surface area contributed by atoms with Crippen molar-refractivity contribution >= 4 is 11.8 Å². The summed E-state index contributed by atoms with van der Waals surface area (Å²) in [5.74, 6) is 0.947. The number of benzene rings is 2. The first-order chi connectivity index (χ1) is 17.0. The van der Waals surface area contributed by atoms with Crippen LogP contribution >= 0.6 is 0 Å². The molecule has 4 rings (SSSR count). The summed E-state index contributed by atoms with van der Waals surface area (Å²) < 4.78 is 23.8. The number of rotatable bonds is 8. The first-order valence-electron chi connectivity index (χ1n) is 12.2. The van der Waals surface area contributed by atoms with Crippen molar-refractivity contribution in [2.24, 2.45) is 5.92 Å². The third kappa shape index (κ3) is 6.31. The number of hydrogen-bond donors (Lipinski definition) is 0. The molecule has 2 aromatic carbocycles. The second kappa shape index (κ2) is 11.5. The summed E-state index contributed by atoms with van der Waals surface area (Å²) in [5, 5.41) is 0. The average molecular weight is 484 g/mol. The van der Waals surface area contributed by atoms with Crippen LogP contribution in [-0.4, -0.2) is 80.0 Å². The van der Waals surface area contributed by atoms with E-state index in [9.17, 15) is 14.0 Å². The van der Waals surface area contributed by atoms with E-state index in [1.54, 1.807) is 19.1 Å². The maximum absolute atomic E-state index is 13.2. The predicted octanol–water partition coefficient (Wildman–Crippen LogP) is 2.97. The minimum absolute atomic E-state index is 0.0385.